The van der Waals surface area contributed by atoms with E-state index in [0.717, 1.165) is 24.3 Å². The second-order valence-electron chi connectivity index (χ2n) is 7.40. The Morgan fingerprint density at radius 3 is 2.71 bits per heavy atom. The molecule has 2 bridgehead atoms. The number of fused-ring (bicyclic) bond motifs is 2. The quantitative estimate of drug-likeness (QED) is 0.547. The molecule has 1 aliphatic carbocycles. The van der Waals surface area contributed by atoms with Crippen LogP contribution >= 0.6 is 0 Å². The molecule has 5 rings (SSSR count). The van der Waals surface area contributed by atoms with Crippen molar-refractivity contribution in [3.8, 4) is 0 Å². The molecule has 0 aromatic carbocycles. The zero-order valence-corrected chi connectivity index (χ0v) is 12.7. The summed E-state index contributed by atoms with van der Waals surface area (Å²) in [6, 6.07) is 0. The number of hydrogen-bond acceptors (Lipinski definition) is 5. The molecule has 5 aliphatic rings. The zero-order chi connectivity index (χ0) is 15.0. The lowest BCUT2D eigenvalue weighted by atomic mass is 9.57. The van der Waals surface area contributed by atoms with Crippen molar-refractivity contribution in [2.24, 2.45) is 23.7 Å². The number of rotatable bonds is 0. The standard InChI is InChI=1S/C15H23NO5/c1-8-4-5-11-9(2)12(17)16(18)13-15(11)10(8)6-7-14(3,19-13)20-21-15/h8-11,13,18H,4-7H2,1-3H3/t8-,9-,10+,11+,13-,14+,15-/m1/s1. The molecule has 1 spiro atoms. The fraction of sp³-hybridized carbons (Fsp3) is 0.933. The van der Waals surface area contributed by atoms with Gasteiger partial charge in [0.2, 0.25) is 5.79 Å². The number of amides is 1. The minimum atomic E-state index is -0.890. The number of ether oxygens (including phenoxy) is 1. The van der Waals surface area contributed by atoms with E-state index in [9.17, 15) is 10.0 Å². The van der Waals surface area contributed by atoms with Gasteiger partial charge >= 0.3 is 0 Å². The Kier molecular flexibility index (Phi) is 2.78. The molecule has 0 radical (unpaired) electrons. The molecule has 21 heavy (non-hydrogen) atoms. The van der Waals surface area contributed by atoms with E-state index in [1.54, 1.807) is 0 Å². The summed E-state index contributed by atoms with van der Waals surface area (Å²) in [6.07, 6.45) is 2.86. The summed E-state index contributed by atoms with van der Waals surface area (Å²) in [4.78, 5) is 23.9. The van der Waals surface area contributed by atoms with Crippen molar-refractivity contribution in [2.75, 3.05) is 0 Å². The summed E-state index contributed by atoms with van der Waals surface area (Å²) in [6.45, 7) is 5.91. The Hall–Kier alpha value is -0.690. The minimum Gasteiger partial charge on any atom is -0.318 e. The summed E-state index contributed by atoms with van der Waals surface area (Å²) in [7, 11) is 0. The van der Waals surface area contributed by atoms with Crippen LogP contribution < -0.4 is 0 Å². The fourth-order valence-corrected chi connectivity index (χ4v) is 5.03. The Bertz CT molecular complexity index is 485. The van der Waals surface area contributed by atoms with Crippen LogP contribution in [-0.4, -0.2) is 33.8 Å². The Morgan fingerprint density at radius 2 is 1.95 bits per heavy atom. The molecule has 4 heterocycles. The first kappa shape index (κ1) is 13.9. The average molecular weight is 297 g/mol. The first-order valence-corrected chi connectivity index (χ1v) is 7.96. The van der Waals surface area contributed by atoms with E-state index in [-0.39, 0.29) is 23.7 Å². The molecule has 1 saturated carbocycles. The molecule has 0 unspecified atom stereocenters. The monoisotopic (exact) mass is 297 g/mol. The van der Waals surface area contributed by atoms with Gasteiger partial charge in [-0.15, -0.1) is 0 Å². The fourth-order valence-electron chi connectivity index (χ4n) is 5.03. The lowest BCUT2D eigenvalue weighted by molar-refractivity contribution is -0.558. The highest BCUT2D eigenvalue weighted by Gasteiger charge is 2.70. The maximum absolute atomic E-state index is 12.4. The number of hydrogen-bond donors (Lipinski definition) is 1. The average Bonchev–Trinajstić information content (AvgIpc) is 2.69. The minimum absolute atomic E-state index is 0.0299. The van der Waals surface area contributed by atoms with Gasteiger partial charge in [-0.3, -0.25) is 10.0 Å². The topological polar surface area (TPSA) is 68.2 Å². The largest absolute Gasteiger partial charge is 0.318 e. The van der Waals surface area contributed by atoms with Crippen molar-refractivity contribution in [2.45, 2.75) is 64.1 Å². The van der Waals surface area contributed by atoms with E-state index >= 15 is 0 Å². The van der Waals surface area contributed by atoms with Crippen LogP contribution in [0.2, 0.25) is 0 Å². The summed E-state index contributed by atoms with van der Waals surface area (Å²) in [5, 5.41) is 11.1. The molecule has 6 heteroatoms. The first-order chi connectivity index (χ1) is 9.89. The van der Waals surface area contributed by atoms with Gasteiger partial charge in [0.05, 0.1) is 0 Å². The molecule has 6 nitrogen and oxygen atoms in total. The second-order valence-corrected chi connectivity index (χ2v) is 7.40. The molecule has 4 saturated heterocycles. The van der Waals surface area contributed by atoms with Crippen LogP contribution in [0.1, 0.15) is 46.5 Å². The van der Waals surface area contributed by atoms with Gasteiger partial charge in [-0.05, 0) is 38.0 Å². The van der Waals surface area contributed by atoms with Gasteiger partial charge in [-0.1, -0.05) is 13.8 Å². The van der Waals surface area contributed by atoms with Gasteiger partial charge in [0.25, 0.3) is 5.91 Å². The van der Waals surface area contributed by atoms with Gasteiger partial charge in [0.1, 0.15) is 0 Å². The molecule has 118 valence electrons. The van der Waals surface area contributed by atoms with Crippen LogP contribution in [0.3, 0.4) is 0 Å². The third-order valence-corrected chi connectivity index (χ3v) is 6.24. The molecular weight excluding hydrogens is 274 g/mol. The summed E-state index contributed by atoms with van der Waals surface area (Å²) >= 11 is 0. The van der Waals surface area contributed by atoms with Crippen molar-refractivity contribution < 1.29 is 24.5 Å². The van der Waals surface area contributed by atoms with E-state index in [1.807, 2.05) is 13.8 Å². The predicted octanol–water partition coefficient (Wildman–Crippen LogP) is 2.07. The van der Waals surface area contributed by atoms with E-state index in [0.29, 0.717) is 12.3 Å². The molecule has 0 aromatic rings. The molecule has 5 fully saturated rings. The summed E-state index contributed by atoms with van der Waals surface area (Å²) < 4.78 is 6.02. The van der Waals surface area contributed by atoms with Gasteiger partial charge in [-0.2, -0.15) is 5.06 Å². The van der Waals surface area contributed by atoms with Crippen LogP contribution in [0, 0.1) is 23.7 Å². The lowest BCUT2D eigenvalue weighted by Gasteiger charge is -2.60. The number of carbonyl (C=O) groups is 1. The van der Waals surface area contributed by atoms with E-state index in [4.69, 9.17) is 14.5 Å². The van der Waals surface area contributed by atoms with Crippen molar-refractivity contribution in [3.05, 3.63) is 0 Å². The number of hydroxylamine groups is 2. The van der Waals surface area contributed by atoms with Crippen LogP contribution in [0.5, 0.6) is 0 Å². The molecule has 1 amide bonds. The van der Waals surface area contributed by atoms with Crippen LogP contribution in [0.25, 0.3) is 0 Å². The molecule has 7 atom stereocenters. The number of nitrogens with zero attached hydrogens (tertiary/aromatic N) is 1. The normalized spacial score (nSPS) is 56.1. The third kappa shape index (κ3) is 1.59. The van der Waals surface area contributed by atoms with Gasteiger partial charge in [-0.25, -0.2) is 9.78 Å². The van der Waals surface area contributed by atoms with E-state index in [2.05, 4.69) is 6.92 Å². The van der Waals surface area contributed by atoms with Crippen LogP contribution in [0.4, 0.5) is 0 Å². The summed E-state index contributed by atoms with van der Waals surface area (Å²) in [5.74, 6) is -0.720. The lowest BCUT2D eigenvalue weighted by Crippen LogP contribution is -2.74. The van der Waals surface area contributed by atoms with E-state index in [1.165, 1.54) is 0 Å². The van der Waals surface area contributed by atoms with Crippen molar-refractivity contribution in [1.82, 2.24) is 5.06 Å². The van der Waals surface area contributed by atoms with Crippen molar-refractivity contribution in [3.63, 3.8) is 0 Å². The van der Waals surface area contributed by atoms with Gasteiger partial charge < -0.3 is 4.74 Å². The maximum atomic E-state index is 12.4. The smallest absolute Gasteiger partial charge is 0.251 e. The highest BCUT2D eigenvalue weighted by Crippen LogP contribution is 2.59. The molecular formula is C15H23NO5. The van der Waals surface area contributed by atoms with Crippen LogP contribution in [-0.2, 0) is 19.3 Å². The van der Waals surface area contributed by atoms with Crippen molar-refractivity contribution in [1.29, 1.82) is 0 Å². The SMILES string of the molecule is C[C@@H]1CC[C@H]2[C@@H](C)C(=O)N(O)[C@@H]3O[C@]4(C)CC[C@@H]1[C@@]23OO4. The maximum Gasteiger partial charge on any atom is 0.251 e. The van der Waals surface area contributed by atoms with Crippen molar-refractivity contribution >= 4 is 5.91 Å². The number of carbonyl (C=O) groups excluding carboxylic acids is 1. The second kappa shape index (κ2) is 4.19. The van der Waals surface area contributed by atoms with Gasteiger partial charge in [0.15, 0.2) is 11.8 Å². The molecule has 1 N–H and O–H groups in total. The molecule has 0 aromatic heterocycles. The first-order valence-electron chi connectivity index (χ1n) is 7.96. The zero-order valence-electron chi connectivity index (χ0n) is 12.7. The highest BCUT2D eigenvalue weighted by molar-refractivity contribution is 5.79. The summed E-state index contributed by atoms with van der Waals surface area (Å²) in [5.41, 5.74) is -0.740. The Morgan fingerprint density at radius 1 is 1.19 bits per heavy atom. The highest BCUT2D eigenvalue weighted by atomic mass is 17.3. The third-order valence-electron chi connectivity index (χ3n) is 6.24. The van der Waals surface area contributed by atoms with Gasteiger partial charge in [0, 0.05) is 18.3 Å². The predicted molar refractivity (Wildman–Crippen MR) is 70.6 cm³/mol. The van der Waals surface area contributed by atoms with E-state index < -0.39 is 17.6 Å². The molecule has 4 aliphatic heterocycles. The Balaban J connectivity index is 1.87. The van der Waals surface area contributed by atoms with Crippen LogP contribution in [0.15, 0.2) is 0 Å². The Labute approximate surface area is 124 Å². The number of piperidine rings is 1.